The molecule has 2 heterocycles. The fourth-order valence-electron chi connectivity index (χ4n) is 2.11. The minimum Gasteiger partial charge on any atom is -0.480 e. The van der Waals surface area contributed by atoms with Gasteiger partial charge in [-0.15, -0.1) is 0 Å². The minimum absolute atomic E-state index is 0.111. The molecule has 0 amide bonds. The van der Waals surface area contributed by atoms with Crippen molar-refractivity contribution in [2.75, 3.05) is 0 Å². The van der Waals surface area contributed by atoms with Gasteiger partial charge >= 0.3 is 17.9 Å². The van der Waals surface area contributed by atoms with Crippen LogP contribution in [0.5, 0.6) is 0 Å². The summed E-state index contributed by atoms with van der Waals surface area (Å²) in [4.78, 5) is 35.2. The van der Waals surface area contributed by atoms with Crippen molar-refractivity contribution >= 4 is 17.9 Å². The van der Waals surface area contributed by atoms with E-state index < -0.39 is 35.4 Å². The molecule has 0 unspecified atom stereocenters. The van der Waals surface area contributed by atoms with Crippen LogP contribution in [0.3, 0.4) is 0 Å². The number of carbonyl (C=O) groups excluding carboxylic acids is 3. The lowest BCUT2D eigenvalue weighted by Crippen LogP contribution is -2.41. The first-order valence-electron chi connectivity index (χ1n) is 8.05. The van der Waals surface area contributed by atoms with E-state index in [9.17, 15) is 19.5 Å². The van der Waals surface area contributed by atoms with E-state index in [4.69, 9.17) is 18.9 Å². The Balaban J connectivity index is 1.96. The molecule has 144 valence electrons. The number of esters is 3. The Labute approximate surface area is 156 Å². The Bertz CT molecular complexity index is 784. The third-order valence-electron chi connectivity index (χ3n) is 3.22. The predicted molar refractivity (Wildman–Crippen MR) is 92.7 cm³/mol. The maximum absolute atomic E-state index is 11.8. The van der Waals surface area contributed by atoms with Crippen LogP contribution in [0.15, 0.2) is 59.6 Å². The molecule has 0 aromatic carbocycles. The molecule has 2 aliphatic heterocycles. The topological polar surface area (TPSA) is 108 Å². The summed E-state index contributed by atoms with van der Waals surface area (Å²) >= 11 is 0. The molecule has 0 radical (unpaired) electrons. The van der Waals surface area contributed by atoms with E-state index in [0.717, 1.165) is 0 Å². The third-order valence-corrected chi connectivity index (χ3v) is 3.22. The van der Waals surface area contributed by atoms with E-state index in [1.54, 1.807) is 18.2 Å². The fourth-order valence-corrected chi connectivity index (χ4v) is 2.11. The monoisotopic (exact) mass is 376 g/mol. The van der Waals surface area contributed by atoms with Gasteiger partial charge in [-0.1, -0.05) is 30.4 Å². The maximum Gasteiger partial charge on any atom is 0.348 e. The van der Waals surface area contributed by atoms with Crippen LogP contribution in [0.1, 0.15) is 27.7 Å². The third kappa shape index (κ3) is 5.34. The number of carbonyl (C=O) groups is 3. The summed E-state index contributed by atoms with van der Waals surface area (Å²) in [7, 11) is 0. The second-order valence-corrected chi connectivity index (χ2v) is 6.50. The van der Waals surface area contributed by atoms with Crippen LogP contribution in [-0.4, -0.2) is 34.6 Å². The Kier molecular flexibility index (Phi) is 5.58. The zero-order chi connectivity index (χ0) is 20.2. The van der Waals surface area contributed by atoms with Gasteiger partial charge in [0.2, 0.25) is 0 Å². The largest absolute Gasteiger partial charge is 0.480 e. The molecule has 8 heteroatoms. The van der Waals surface area contributed by atoms with Gasteiger partial charge in [-0.3, -0.25) is 0 Å². The van der Waals surface area contributed by atoms with Crippen molar-refractivity contribution in [1.29, 1.82) is 0 Å². The van der Waals surface area contributed by atoms with Gasteiger partial charge in [0.1, 0.15) is 11.1 Å². The summed E-state index contributed by atoms with van der Waals surface area (Å²) in [5.74, 6) is -5.23. The Morgan fingerprint density at radius 3 is 1.78 bits per heavy atom. The number of ether oxygens (including phenoxy) is 4. The molecule has 0 saturated carbocycles. The second kappa shape index (κ2) is 7.53. The number of rotatable bonds is 4. The molecule has 27 heavy (non-hydrogen) atoms. The van der Waals surface area contributed by atoms with Crippen molar-refractivity contribution in [3.05, 3.63) is 59.6 Å². The number of cyclic esters (lactones) is 3. The van der Waals surface area contributed by atoms with Crippen LogP contribution in [-0.2, 0) is 33.3 Å². The number of aliphatic hydroxyl groups excluding tert-OH is 1. The molecule has 2 aliphatic rings. The maximum atomic E-state index is 11.8. The zero-order valence-electron chi connectivity index (χ0n) is 15.3. The SMILES string of the molecule is CC1(C)OC(=O)C(=C/C=C/C=C/C=C/C2=C(O)OC(C)(C)OC2=O)C(=O)O1. The number of hydrogen-bond donors (Lipinski definition) is 1. The molecule has 0 spiro atoms. The summed E-state index contributed by atoms with van der Waals surface area (Å²) < 4.78 is 20.0. The standard InChI is InChI=1S/C19H20O8/c1-18(2)24-14(20)12(15(21)25-18)10-8-6-5-7-9-11-13-16(22)26-19(3,4)27-17(13)23/h5-11,20H,1-4H3/b6-5+,9-7+,10-8+. The number of allylic oxidation sites excluding steroid dienone is 6. The van der Waals surface area contributed by atoms with Crippen LogP contribution in [0.25, 0.3) is 0 Å². The van der Waals surface area contributed by atoms with Crippen molar-refractivity contribution in [1.82, 2.24) is 0 Å². The summed E-state index contributed by atoms with van der Waals surface area (Å²) in [5.41, 5.74) is -0.324. The Hall–Kier alpha value is -3.29. The van der Waals surface area contributed by atoms with Crippen LogP contribution in [0, 0.1) is 0 Å². The highest BCUT2D eigenvalue weighted by Crippen LogP contribution is 2.25. The molecule has 1 N–H and O–H groups in total. The van der Waals surface area contributed by atoms with E-state index >= 15 is 0 Å². The zero-order valence-corrected chi connectivity index (χ0v) is 15.3. The molecule has 1 fully saturated rings. The molecule has 2 rings (SSSR count). The lowest BCUT2D eigenvalue weighted by Gasteiger charge is -2.29. The van der Waals surface area contributed by atoms with E-state index in [2.05, 4.69) is 0 Å². The smallest absolute Gasteiger partial charge is 0.348 e. The van der Waals surface area contributed by atoms with E-state index in [-0.39, 0.29) is 11.1 Å². The summed E-state index contributed by atoms with van der Waals surface area (Å²) in [6.07, 6.45) is 10.2. The summed E-state index contributed by atoms with van der Waals surface area (Å²) in [5, 5.41) is 9.72. The van der Waals surface area contributed by atoms with Gasteiger partial charge < -0.3 is 24.1 Å². The van der Waals surface area contributed by atoms with E-state index in [1.165, 1.54) is 52.0 Å². The molecule has 1 saturated heterocycles. The van der Waals surface area contributed by atoms with Gasteiger partial charge in [0.25, 0.3) is 17.5 Å². The van der Waals surface area contributed by atoms with Crippen molar-refractivity contribution in [2.24, 2.45) is 0 Å². The van der Waals surface area contributed by atoms with Gasteiger partial charge in [0.15, 0.2) is 0 Å². The highest BCUT2D eigenvalue weighted by Gasteiger charge is 2.38. The quantitative estimate of drug-likeness (QED) is 0.345. The molecule has 8 nitrogen and oxygen atoms in total. The second-order valence-electron chi connectivity index (χ2n) is 6.50. The van der Waals surface area contributed by atoms with Gasteiger partial charge in [-0.25, -0.2) is 14.4 Å². The molecule has 0 aliphatic carbocycles. The molecule has 0 aromatic heterocycles. The first kappa shape index (κ1) is 20.0. The van der Waals surface area contributed by atoms with Crippen LogP contribution < -0.4 is 0 Å². The Morgan fingerprint density at radius 2 is 1.19 bits per heavy atom. The van der Waals surface area contributed by atoms with Crippen molar-refractivity contribution in [2.45, 2.75) is 39.3 Å². The van der Waals surface area contributed by atoms with Gasteiger partial charge in [0, 0.05) is 27.7 Å². The highest BCUT2D eigenvalue weighted by molar-refractivity contribution is 6.15. The molecule has 0 atom stereocenters. The molecule has 0 bridgehead atoms. The van der Waals surface area contributed by atoms with E-state index in [0.29, 0.717) is 0 Å². The lowest BCUT2D eigenvalue weighted by molar-refractivity contribution is -0.223. The average Bonchev–Trinajstić information content (AvgIpc) is 2.48. The molecular formula is C19H20O8. The van der Waals surface area contributed by atoms with Crippen molar-refractivity contribution in [3.8, 4) is 0 Å². The van der Waals surface area contributed by atoms with Crippen LogP contribution >= 0.6 is 0 Å². The van der Waals surface area contributed by atoms with Crippen LogP contribution in [0.4, 0.5) is 0 Å². The first-order valence-corrected chi connectivity index (χ1v) is 8.05. The van der Waals surface area contributed by atoms with Gasteiger partial charge in [-0.05, 0) is 12.2 Å². The Morgan fingerprint density at radius 1 is 0.704 bits per heavy atom. The fraction of sp³-hybridized carbons (Fsp3) is 0.316. The summed E-state index contributed by atoms with van der Waals surface area (Å²) in [6.45, 7) is 5.93. The van der Waals surface area contributed by atoms with Crippen LogP contribution in [0.2, 0.25) is 0 Å². The summed E-state index contributed by atoms with van der Waals surface area (Å²) in [6, 6.07) is 0. The molecule has 0 aromatic rings. The first-order chi connectivity index (χ1) is 12.5. The van der Waals surface area contributed by atoms with Gasteiger partial charge in [0.05, 0.1) is 0 Å². The van der Waals surface area contributed by atoms with Crippen molar-refractivity contribution < 1.29 is 38.4 Å². The van der Waals surface area contributed by atoms with Gasteiger partial charge in [-0.2, -0.15) is 0 Å². The average molecular weight is 376 g/mol. The lowest BCUT2D eigenvalue weighted by atomic mass is 10.2. The number of hydrogen-bond acceptors (Lipinski definition) is 8. The highest BCUT2D eigenvalue weighted by atomic mass is 16.8. The minimum atomic E-state index is -1.28. The van der Waals surface area contributed by atoms with Crippen molar-refractivity contribution in [3.63, 3.8) is 0 Å². The van der Waals surface area contributed by atoms with E-state index in [1.807, 2.05) is 0 Å². The predicted octanol–water partition coefficient (Wildman–Crippen LogP) is 2.50. The normalized spacial score (nSPS) is 22.1. The number of aliphatic hydroxyl groups is 1. The molecular weight excluding hydrogens is 356 g/mol.